The molecule has 34 heavy (non-hydrogen) atoms. The molecule has 0 aliphatic carbocycles. The van der Waals surface area contributed by atoms with Crippen LogP contribution in [0.5, 0.6) is 11.5 Å². The smallest absolute Gasteiger partial charge is 0.256 e. The van der Waals surface area contributed by atoms with Crippen LogP contribution in [-0.2, 0) is 4.79 Å². The maximum Gasteiger partial charge on any atom is 0.256 e. The second-order valence-corrected chi connectivity index (χ2v) is 7.78. The number of nitrogens with zero attached hydrogens (tertiary/aromatic N) is 2. The highest BCUT2D eigenvalue weighted by atomic mass is 19.1. The van der Waals surface area contributed by atoms with Crippen molar-refractivity contribution in [2.24, 2.45) is 0 Å². The molecule has 0 radical (unpaired) electrons. The van der Waals surface area contributed by atoms with E-state index in [4.69, 9.17) is 4.74 Å². The number of hydrogen-bond acceptors (Lipinski definition) is 4. The minimum Gasteiger partial charge on any atom is -0.457 e. The van der Waals surface area contributed by atoms with Crippen LogP contribution in [0.1, 0.15) is 20.7 Å². The molecular formula is C26H24FN3O4. The highest BCUT2D eigenvalue weighted by Crippen LogP contribution is 2.21. The normalized spacial score (nSPS) is 13.3. The molecule has 3 amide bonds. The van der Waals surface area contributed by atoms with Crippen molar-refractivity contribution in [3.05, 3.63) is 95.8 Å². The Morgan fingerprint density at radius 3 is 2.03 bits per heavy atom. The van der Waals surface area contributed by atoms with E-state index in [1.54, 1.807) is 35.2 Å². The number of piperazine rings is 1. The van der Waals surface area contributed by atoms with E-state index in [-0.39, 0.29) is 23.9 Å². The van der Waals surface area contributed by atoms with E-state index in [0.29, 0.717) is 43.2 Å². The van der Waals surface area contributed by atoms with Crippen LogP contribution in [0, 0.1) is 5.82 Å². The van der Waals surface area contributed by atoms with E-state index >= 15 is 0 Å². The zero-order chi connectivity index (χ0) is 23.9. The number of ether oxygens (including phenoxy) is 1. The summed E-state index contributed by atoms with van der Waals surface area (Å²) >= 11 is 0. The number of carbonyl (C=O) groups excluding carboxylic acids is 3. The van der Waals surface area contributed by atoms with Crippen LogP contribution in [0.15, 0.2) is 78.9 Å². The van der Waals surface area contributed by atoms with Crippen molar-refractivity contribution in [2.75, 3.05) is 32.7 Å². The molecular weight excluding hydrogens is 437 g/mol. The Balaban J connectivity index is 1.23. The quantitative estimate of drug-likeness (QED) is 0.611. The van der Waals surface area contributed by atoms with Gasteiger partial charge in [0.05, 0.1) is 12.1 Å². The van der Waals surface area contributed by atoms with E-state index in [0.717, 1.165) is 0 Å². The molecule has 1 saturated heterocycles. The minimum atomic E-state index is -0.562. The Bertz CT molecular complexity index is 1160. The third-order valence-electron chi connectivity index (χ3n) is 5.52. The van der Waals surface area contributed by atoms with Gasteiger partial charge < -0.3 is 19.9 Å². The molecule has 174 valence electrons. The summed E-state index contributed by atoms with van der Waals surface area (Å²) in [5, 5.41) is 2.63. The monoisotopic (exact) mass is 461 g/mol. The van der Waals surface area contributed by atoms with Gasteiger partial charge in [-0.25, -0.2) is 4.39 Å². The number of halogens is 1. The van der Waals surface area contributed by atoms with E-state index in [1.807, 2.05) is 30.3 Å². The van der Waals surface area contributed by atoms with Gasteiger partial charge >= 0.3 is 0 Å². The van der Waals surface area contributed by atoms with Gasteiger partial charge in [-0.15, -0.1) is 0 Å². The molecule has 0 spiro atoms. The fourth-order valence-electron chi connectivity index (χ4n) is 3.63. The van der Waals surface area contributed by atoms with Crippen molar-refractivity contribution in [3.63, 3.8) is 0 Å². The number of para-hydroxylation sites is 1. The maximum atomic E-state index is 13.9. The average molecular weight is 461 g/mol. The Kier molecular flexibility index (Phi) is 7.17. The third-order valence-corrected chi connectivity index (χ3v) is 5.52. The first-order valence-electron chi connectivity index (χ1n) is 10.9. The lowest BCUT2D eigenvalue weighted by Gasteiger charge is -2.35. The van der Waals surface area contributed by atoms with Gasteiger partial charge in [0.1, 0.15) is 17.3 Å². The maximum absolute atomic E-state index is 13.9. The lowest BCUT2D eigenvalue weighted by Crippen LogP contribution is -2.52. The van der Waals surface area contributed by atoms with Crippen LogP contribution >= 0.6 is 0 Å². The molecule has 1 aliphatic heterocycles. The topological polar surface area (TPSA) is 79.0 Å². The van der Waals surface area contributed by atoms with Gasteiger partial charge in [-0.1, -0.05) is 30.3 Å². The number of carbonyl (C=O) groups is 3. The molecule has 1 fully saturated rings. The van der Waals surface area contributed by atoms with Crippen molar-refractivity contribution in [1.82, 2.24) is 15.1 Å². The standard InChI is InChI=1S/C26H24FN3O4/c27-23-9-5-4-8-22(23)26(33)30-16-14-29(15-17-30)24(31)18-28-25(32)19-10-12-21(13-11-19)34-20-6-2-1-3-7-20/h1-13H,14-18H2,(H,28,32). The van der Waals surface area contributed by atoms with E-state index < -0.39 is 11.7 Å². The summed E-state index contributed by atoms with van der Waals surface area (Å²) in [4.78, 5) is 40.6. The molecule has 3 aromatic carbocycles. The van der Waals surface area contributed by atoms with Crippen molar-refractivity contribution in [2.45, 2.75) is 0 Å². The van der Waals surface area contributed by atoms with Crippen molar-refractivity contribution < 1.29 is 23.5 Å². The molecule has 4 rings (SSSR count). The summed E-state index contributed by atoms with van der Waals surface area (Å²) < 4.78 is 19.6. The molecule has 0 bridgehead atoms. The fraction of sp³-hybridized carbons (Fsp3) is 0.192. The first kappa shape index (κ1) is 23.0. The van der Waals surface area contributed by atoms with Crippen LogP contribution < -0.4 is 10.1 Å². The summed E-state index contributed by atoms with van der Waals surface area (Å²) in [6.07, 6.45) is 0. The highest BCUT2D eigenvalue weighted by Gasteiger charge is 2.26. The van der Waals surface area contributed by atoms with Gasteiger partial charge in [0.15, 0.2) is 0 Å². The van der Waals surface area contributed by atoms with E-state index in [2.05, 4.69) is 5.32 Å². The van der Waals surface area contributed by atoms with Crippen LogP contribution in [0.25, 0.3) is 0 Å². The first-order chi connectivity index (χ1) is 16.5. The molecule has 0 unspecified atom stereocenters. The summed E-state index contributed by atoms with van der Waals surface area (Å²) in [6.45, 7) is 1.09. The summed E-state index contributed by atoms with van der Waals surface area (Å²) in [5.41, 5.74) is 0.434. The second-order valence-electron chi connectivity index (χ2n) is 7.78. The van der Waals surface area contributed by atoms with Crippen LogP contribution in [-0.4, -0.2) is 60.2 Å². The lowest BCUT2D eigenvalue weighted by atomic mass is 10.1. The van der Waals surface area contributed by atoms with Gasteiger partial charge in [0, 0.05) is 31.7 Å². The molecule has 1 aliphatic rings. The summed E-state index contributed by atoms with van der Waals surface area (Å²) in [5.74, 6) is -0.266. The first-order valence-corrected chi connectivity index (χ1v) is 10.9. The Labute approximate surface area is 196 Å². The van der Waals surface area contributed by atoms with Crippen molar-refractivity contribution in [1.29, 1.82) is 0 Å². The van der Waals surface area contributed by atoms with Crippen LogP contribution in [0.3, 0.4) is 0 Å². The van der Waals surface area contributed by atoms with E-state index in [1.165, 1.54) is 23.1 Å². The molecule has 0 atom stereocenters. The molecule has 0 aromatic heterocycles. The second kappa shape index (κ2) is 10.6. The fourth-order valence-corrected chi connectivity index (χ4v) is 3.63. The van der Waals surface area contributed by atoms with Gasteiger partial charge in [-0.3, -0.25) is 14.4 Å². The SMILES string of the molecule is O=C(NCC(=O)N1CCN(C(=O)c2ccccc2F)CC1)c1ccc(Oc2ccccc2)cc1. The zero-order valence-corrected chi connectivity index (χ0v) is 18.4. The number of rotatable bonds is 6. The van der Waals surface area contributed by atoms with Crippen molar-refractivity contribution in [3.8, 4) is 11.5 Å². The minimum absolute atomic E-state index is 0.0229. The van der Waals surface area contributed by atoms with Gasteiger partial charge in [0.25, 0.3) is 11.8 Å². The predicted octanol–water partition coefficient (Wildman–Crippen LogP) is 3.33. The third kappa shape index (κ3) is 5.58. The van der Waals surface area contributed by atoms with Gasteiger partial charge in [-0.2, -0.15) is 0 Å². The zero-order valence-electron chi connectivity index (χ0n) is 18.4. The molecule has 1 heterocycles. The largest absolute Gasteiger partial charge is 0.457 e. The molecule has 1 N–H and O–H groups in total. The Morgan fingerprint density at radius 1 is 0.765 bits per heavy atom. The summed E-state index contributed by atoms with van der Waals surface area (Å²) in [7, 11) is 0. The van der Waals surface area contributed by atoms with E-state index in [9.17, 15) is 18.8 Å². The highest BCUT2D eigenvalue weighted by molar-refractivity contribution is 5.97. The van der Waals surface area contributed by atoms with Crippen LogP contribution in [0.2, 0.25) is 0 Å². The van der Waals surface area contributed by atoms with Gasteiger partial charge in [0.2, 0.25) is 5.91 Å². The molecule has 0 saturated carbocycles. The molecule has 7 nitrogen and oxygen atoms in total. The molecule has 3 aromatic rings. The lowest BCUT2D eigenvalue weighted by molar-refractivity contribution is -0.131. The predicted molar refractivity (Wildman–Crippen MR) is 124 cm³/mol. The number of amides is 3. The Morgan fingerprint density at radius 2 is 1.35 bits per heavy atom. The summed E-state index contributed by atoms with van der Waals surface area (Å²) in [6, 6.07) is 21.8. The number of nitrogens with one attached hydrogen (secondary N) is 1. The van der Waals surface area contributed by atoms with Crippen molar-refractivity contribution >= 4 is 17.7 Å². The molecule has 8 heteroatoms. The number of benzene rings is 3. The number of hydrogen-bond donors (Lipinski definition) is 1. The average Bonchev–Trinajstić information content (AvgIpc) is 2.88. The Hall–Kier alpha value is -4.20. The van der Waals surface area contributed by atoms with Gasteiger partial charge in [-0.05, 0) is 48.5 Å². The van der Waals surface area contributed by atoms with Crippen LogP contribution in [0.4, 0.5) is 4.39 Å².